The van der Waals surface area contributed by atoms with Crippen LogP contribution in [0.2, 0.25) is 0 Å². The summed E-state index contributed by atoms with van der Waals surface area (Å²) in [6.07, 6.45) is 12.3. The van der Waals surface area contributed by atoms with E-state index >= 15 is 0 Å². The van der Waals surface area contributed by atoms with Gasteiger partial charge in [0.1, 0.15) is 5.41 Å². The van der Waals surface area contributed by atoms with E-state index in [-0.39, 0.29) is 31.4 Å². The zero-order valence-electron chi connectivity index (χ0n) is 11.0. The summed E-state index contributed by atoms with van der Waals surface area (Å²) in [6.45, 7) is 0.0482. The number of amides is 2. The largest absolute Gasteiger partial charge is 0.395 e. The van der Waals surface area contributed by atoms with E-state index in [4.69, 9.17) is 5.11 Å². The number of nitrogens with one attached hydrogen (secondary N) is 1. The molecule has 5 nitrogen and oxygen atoms in total. The molecule has 1 saturated heterocycles. The van der Waals surface area contributed by atoms with Gasteiger partial charge in [0, 0.05) is 6.54 Å². The minimum Gasteiger partial charge on any atom is -0.395 e. The van der Waals surface area contributed by atoms with Crippen LogP contribution in [-0.4, -0.2) is 35.1 Å². The summed E-state index contributed by atoms with van der Waals surface area (Å²) in [5.74, 6) is -0.530. The Bertz CT molecular complexity index is 586. The van der Waals surface area contributed by atoms with Crippen molar-refractivity contribution in [3.8, 4) is 0 Å². The normalized spacial score (nSPS) is 27.9. The number of carbonyl (C=O) groups excluding carboxylic acids is 2. The minimum atomic E-state index is -0.750. The molecular formula is C15H16N2O3. The number of nitrogens with zero attached hydrogens (tertiary/aromatic N) is 1. The number of carbonyl (C=O) groups is 2. The lowest BCUT2D eigenvalue weighted by atomic mass is 9.64. The van der Waals surface area contributed by atoms with E-state index in [1.54, 1.807) is 0 Å². The fourth-order valence-corrected chi connectivity index (χ4v) is 3.03. The van der Waals surface area contributed by atoms with Crippen molar-refractivity contribution >= 4 is 11.8 Å². The van der Waals surface area contributed by atoms with Crippen molar-refractivity contribution in [1.29, 1.82) is 0 Å². The molecule has 1 fully saturated rings. The highest BCUT2D eigenvalue weighted by Gasteiger charge is 2.52. The lowest BCUT2D eigenvalue weighted by molar-refractivity contribution is -0.156. The van der Waals surface area contributed by atoms with Gasteiger partial charge in [-0.1, -0.05) is 36.5 Å². The third kappa shape index (κ3) is 1.71. The Balaban J connectivity index is 2.02. The van der Waals surface area contributed by atoms with Crippen molar-refractivity contribution < 1.29 is 14.7 Å². The lowest BCUT2D eigenvalue weighted by Gasteiger charge is -2.44. The van der Waals surface area contributed by atoms with E-state index < -0.39 is 5.41 Å². The number of imide groups is 1. The van der Waals surface area contributed by atoms with Gasteiger partial charge in [-0.05, 0) is 17.6 Å². The quantitative estimate of drug-likeness (QED) is 0.739. The first kappa shape index (κ1) is 13.0. The predicted molar refractivity (Wildman–Crippen MR) is 73.1 cm³/mol. The Hall–Kier alpha value is -1.98. The van der Waals surface area contributed by atoms with Crippen LogP contribution in [0.4, 0.5) is 0 Å². The molecule has 3 aliphatic rings. The Morgan fingerprint density at radius 3 is 2.95 bits per heavy atom. The van der Waals surface area contributed by atoms with Crippen molar-refractivity contribution in [2.75, 3.05) is 13.2 Å². The zero-order valence-corrected chi connectivity index (χ0v) is 11.0. The molecule has 0 radical (unpaired) electrons. The second-order valence-corrected chi connectivity index (χ2v) is 5.05. The standard InChI is InChI=1S/C15H16N2O3/c18-9-8-16-17-13(19)10-12-6-3-5-11-4-1-2-7-15(11,12)14(17)20/h1-6,16,18H,7-10H2. The van der Waals surface area contributed by atoms with Gasteiger partial charge in [-0.2, -0.15) is 0 Å². The summed E-state index contributed by atoms with van der Waals surface area (Å²) in [6, 6.07) is 0. The monoisotopic (exact) mass is 272 g/mol. The van der Waals surface area contributed by atoms with Crippen molar-refractivity contribution in [3.05, 3.63) is 47.6 Å². The fourth-order valence-electron chi connectivity index (χ4n) is 3.03. The van der Waals surface area contributed by atoms with Crippen LogP contribution in [0.3, 0.4) is 0 Å². The molecule has 1 spiro atoms. The molecule has 2 N–H and O–H groups in total. The molecule has 1 unspecified atom stereocenters. The van der Waals surface area contributed by atoms with E-state index in [1.165, 1.54) is 0 Å². The first-order valence-electron chi connectivity index (χ1n) is 6.67. The molecule has 0 aromatic rings. The van der Waals surface area contributed by atoms with Crippen LogP contribution in [0.15, 0.2) is 47.6 Å². The summed E-state index contributed by atoms with van der Waals surface area (Å²) in [4.78, 5) is 24.9. The zero-order chi connectivity index (χ0) is 14.2. The molecule has 5 heteroatoms. The van der Waals surface area contributed by atoms with Gasteiger partial charge in [0.05, 0.1) is 13.0 Å². The van der Waals surface area contributed by atoms with Crippen LogP contribution < -0.4 is 5.43 Å². The number of piperidine rings is 1. The number of allylic oxidation sites excluding steroid dienone is 6. The maximum Gasteiger partial charge on any atom is 0.258 e. The van der Waals surface area contributed by atoms with Crippen LogP contribution in [0, 0.1) is 5.41 Å². The molecule has 2 amide bonds. The van der Waals surface area contributed by atoms with Crippen LogP contribution >= 0.6 is 0 Å². The second-order valence-electron chi connectivity index (χ2n) is 5.05. The van der Waals surface area contributed by atoms with E-state index in [0.29, 0.717) is 6.42 Å². The second kappa shape index (κ2) is 4.85. The van der Waals surface area contributed by atoms with Crippen molar-refractivity contribution in [2.24, 2.45) is 5.41 Å². The number of hydrogen-bond donors (Lipinski definition) is 2. The third-order valence-electron chi connectivity index (χ3n) is 3.99. The summed E-state index contributed by atoms with van der Waals surface area (Å²) in [7, 11) is 0. The van der Waals surface area contributed by atoms with Gasteiger partial charge in [0.2, 0.25) is 5.91 Å². The first-order chi connectivity index (χ1) is 9.70. The molecule has 20 heavy (non-hydrogen) atoms. The Morgan fingerprint density at radius 2 is 2.15 bits per heavy atom. The molecule has 1 aliphatic heterocycles. The van der Waals surface area contributed by atoms with Gasteiger partial charge in [0.25, 0.3) is 5.91 Å². The van der Waals surface area contributed by atoms with Gasteiger partial charge in [-0.15, -0.1) is 0 Å². The molecule has 3 rings (SSSR count). The van der Waals surface area contributed by atoms with Crippen LogP contribution in [0.5, 0.6) is 0 Å². The van der Waals surface area contributed by atoms with E-state index in [2.05, 4.69) is 5.43 Å². The average Bonchev–Trinajstić information content (AvgIpc) is 2.46. The van der Waals surface area contributed by atoms with E-state index in [0.717, 1.165) is 16.2 Å². The Kier molecular flexibility index (Phi) is 3.16. The minimum absolute atomic E-state index is 0.130. The van der Waals surface area contributed by atoms with Gasteiger partial charge in [-0.25, -0.2) is 10.4 Å². The van der Waals surface area contributed by atoms with Gasteiger partial charge >= 0.3 is 0 Å². The third-order valence-corrected chi connectivity index (χ3v) is 3.99. The van der Waals surface area contributed by atoms with Crippen LogP contribution in [-0.2, 0) is 9.59 Å². The number of rotatable bonds is 3. The molecule has 0 bridgehead atoms. The average molecular weight is 272 g/mol. The SMILES string of the molecule is O=C1CC2=CC=CC3=CC=CCC32C(=O)N1NCCO. The van der Waals surface area contributed by atoms with Gasteiger partial charge in [0.15, 0.2) is 0 Å². The molecule has 0 saturated carbocycles. The van der Waals surface area contributed by atoms with E-state index in [9.17, 15) is 9.59 Å². The molecule has 2 aliphatic carbocycles. The Labute approximate surface area is 116 Å². The predicted octanol–water partition coefficient (Wildman–Crippen LogP) is 0.611. The fraction of sp³-hybridized carbons (Fsp3) is 0.333. The molecule has 104 valence electrons. The molecule has 0 aromatic carbocycles. The van der Waals surface area contributed by atoms with Gasteiger partial charge < -0.3 is 5.11 Å². The Morgan fingerprint density at radius 1 is 1.30 bits per heavy atom. The lowest BCUT2D eigenvalue weighted by Crippen LogP contribution is -2.59. The van der Waals surface area contributed by atoms with Crippen molar-refractivity contribution in [1.82, 2.24) is 10.4 Å². The molecular weight excluding hydrogens is 256 g/mol. The van der Waals surface area contributed by atoms with Crippen LogP contribution in [0.1, 0.15) is 12.8 Å². The smallest absolute Gasteiger partial charge is 0.258 e. The number of aliphatic hydroxyl groups excluding tert-OH is 1. The van der Waals surface area contributed by atoms with E-state index in [1.807, 2.05) is 36.5 Å². The molecule has 0 aromatic heterocycles. The highest BCUT2D eigenvalue weighted by Crippen LogP contribution is 2.49. The summed E-state index contributed by atoms with van der Waals surface area (Å²) >= 11 is 0. The van der Waals surface area contributed by atoms with Gasteiger partial charge in [-0.3, -0.25) is 9.59 Å². The highest BCUT2D eigenvalue weighted by atomic mass is 16.3. The summed E-state index contributed by atoms with van der Waals surface area (Å²) < 4.78 is 0. The van der Waals surface area contributed by atoms with Crippen molar-refractivity contribution in [2.45, 2.75) is 12.8 Å². The number of hydrogen-bond acceptors (Lipinski definition) is 4. The number of hydrazine groups is 1. The number of aliphatic hydroxyl groups is 1. The van der Waals surface area contributed by atoms with Crippen molar-refractivity contribution in [3.63, 3.8) is 0 Å². The first-order valence-corrected chi connectivity index (χ1v) is 6.67. The summed E-state index contributed by atoms with van der Waals surface area (Å²) in [5.41, 5.74) is 3.74. The topological polar surface area (TPSA) is 69.6 Å². The highest BCUT2D eigenvalue weighted by molar-refractivity contribution is 6.06. The molecule has 1 heterocycles. The van der Waals surface area contributed by atoms with Crippen LogP contribution in [0.25, 0.3) is 0 Å². The maximum absolute atomic E-state index is 12.8. The summed E-state index contributed by atoms with van der Waals surface area (Å²) in [5, 5.41) is 9.94. The molecule has 1 atom stereocenters. The maximum atomic E-state index is 12.8.